The average molecular weight is 385 g/mol. The van der Waals surface area contributed by atoms with Gasteiger partial charge in [-0.3, -0.25) is 14.4 Å². The highest BCUT2D eigenvalue weighted by atomic mass is 16.2. The number of fused-ring (bicyclic) bond motifs is 1. The first kappa shape index (κ1) is 18.8. The Balaban J connectivity index is 1.48. The molecule has 8 heteroatoms. The average Bonchev–Trinajstić information content (AvgIpc) is 3.19. The second-order valence-electron chi connectivity index (χ2n) is 8.21. The molecule has 28 heavy (non-hydrogen) atoms. The molecule has 1 atom stereocenters. The number of nitrogens with zero attached hydrogens (tertiary/aromatic N) is 5. The smallest absolute Gasteiger partial charge is 0.285 e. The van der Waals surface area contributed by atoms with E-state index in [1.165, 1.54) is 11.0 Å². The van der Waals surface area contributed by atoms with Crippen molar-refractivity contribution in [3.05, 3.63) is 23.8 Å². The molecule has 150 valence electrons. The number of aromatic nitrogens is 3. The van der Waals surface area contributed by atoms with Crippen LogP contribution in [-0.4, -0.2) is 68.5 Å². The van der Waals surface area contributed by atoms with Crippen molar-refractivity contribution in [1.29, 1.82) is 0 Å². The summed E-state index contributed by atoms with van der Waals surface area (Å²) in [6.07, 6.45) is 8.81. The van der Waals surface area contributed by atoms with E-state index in [-0.39, 0.29) is 22.8 Å². The molecule has 0 radical (unpaired) electrons. The van der Waals surface area contributed by atoms with E-state index in [0.29, 0.717) is 31.8 Å². The van der Waals surface area contributed by atoms with Gasteiger partial charge in [0.05, 0.1) is 0 Å². The maximum atomic E-state index is 13.1. The molecule has 3 aliphatic rings. The number of hydrogen-bond acceptors (Lipinski definition) is 5. The van der Waals surface area contributed by atoms with Crippen LogP contribution < -0.4 is 0 Å². The zero-order valence-corrected chi connectivity index (χ0v) is 16.4. The van der Waals surface area contributed by atoms with Gasteiger partial charge in [0.15, 0.2) is 0 Å². The van der Waals surface area contributed by atoms with Gasteiger partial charge in [0.2, 0.25) is 5.91 Å². The van der Waals surface area contributed by atoms with Gasteiger partial charge in [-0.1, -0.05) is 19.4 Å². The molecule has 0 N–H and O–H groups in total. The summed E-state index contributed by atoms with van der Waals surface area (Å²) in [5.41, 5.74) is 0.136. The van der Waals surface area contributed by atoms with Gasteiger partial charge in [-0.25, -0.2) is 4.98 Å². The zero-order valence-electron chi connectivity index (χ0n) is 16.4. The van der Waals surface area contributed by atoms with E-state index in [2.05, 4.69) is 17.0 Å². The minimum absolute atomic E-state index is 0.0494. The van der Waals surface area contributed by atoms with Crippen molar-refractivity contribution in [2.75, 3.05) is 26.2 Å². The third-order valence-corrected chi connectivity index (χ3v) is 6.24. The number of piperidine rings is 2. The molecule has 3 aliphatic heterocycles. The number of likely N-dealkylation sites (tertiary alicyclic amines) is 2. The van der Waals surface area contributed by atoms with E-state index >= 15 is 0 Å². The third-order valence-electron chi connectivity index (χ3n) is 6.24. The number of unbranched alkanes of at least 4 members (excludes halogenated alkanes) is 1. The van der Waals surface area contributed by atoms with Crippen molar-refractivity contribution < 1.29 is 14.4 Å². The van der Waals surface area contributed by atoms with Crippen molar-refractivity contribution in [3.63, 3.8) is 0 Å². The molecule has 0 bridgehead atoms. The van der Waals surface area contributed by atoms with Gasteiger partial charge in [-0.2, -0.15) is 9.78 Å². The number of carbonyl (C=O) groups excluding carboxylic acids is 3. The van der Waals surface area contributed by atoms with Crippen LogP contribution in [0.25, 0.3) is 0 Å². The Morgan fingerprint density at radius 2 is 2.11 bits per heavy atom. The number of hydrogen-bond donors (Lipinski definition) is 0. The lowest BCUT2D eigenvalue weighted by atomic mass is 9.73. The van der Waals surface area contributed by atoms with Crippen LogP contribution in [-0.2, 0) is 16.0 Å². The SMILES string of the molecule is CCCCN1CC2(CCCN(C(=O)C3=CCc4ncnn4C3=O)C2)CCC1=O. The highest BCUT2D eigenvalue weighted by Gasteiger charge is 2.43. The van der Waals surface area contributed by atoms with Crippen molar-refractivity contribution in [2.45, 2.75) is 51.9 Å². The molecule has 2 saturated heterocycles. The zero-order chi connectivity index (χ0) is 19.7. The van der Waals surface area contributed by atoms with E-state index in [4.69, 9.17) is 0 Å². The number of carbonyl (C=O) groups is 3. The van der Waals surface area contributed by atoms with Crippen molar-refractivity contribution in [3.8, 4) is 0 Å². The predicted octanol–water partition coefficient (Wildman–Crippen LogP) is 1.43. The molecule has 0 saturated carbocycles. The van der Waals surface area contributed by atoms with E-state index in [9.17, 15) is 14.4 Å². The van der Waals surface area contributed by atoms with Crippen LogP contribution in [0.4, 0.5) is 0 Å². The van der Waals surface area contributed by atoms with Gasteiger partial charge in [-0.15, -0.1) is 0 Å². The summed E-state index contributed by atoms with van der Waals surface area (Å²) in [6, 6.07) is 0. The second-order valence-corrected chi connectivity index (χ2v) is 8.21. The molecular weight excluding hydrogens is 358 g/mol. The topological polar surface area (TPSA) is 88.4 Å². The largest absolute Gasteiger partial charge is 0.342 e. The Labute approximate surface area is 164 Å². The summed E-state index contributed by atoms with van der Waals surface area (Å²) in [5.74, 6) is 0.175. The van der Waals surface area contributed by atoms with E-state index in [1.807, 2.05) is 9.80 Å². The van der Waals surface area contributed by atoms with Crippen LogP contribution in [0.5, 0.6) is 0 Å². The summed E-state index contributed by atoms with van der Waals surface area (Å²) in [5, 5.41) is 3.95. The van der Waals surface area contributed by atoms with Crippen LogP contribution in [0, 0.1) is 5.41 Å². The van der Waals surface area contributed by atoms with Crippen molar-refractivity contribution in [2.24, 2.45) is 5.41 Å². The first-order chi connectivity index (χ1) is 13.5. The molecule has 1 spiro atoms. The molecule has 4 rings (SSSR count). The molecule has 1 unspecified atom stereocenters. The van der Waals surface area contributed by atoms with E-state index in [0.717, 1.165) is 45.2 Å². The Morgan fingerprint density at radius 3 is 2.93 bits per heavy atom. The van der Waals surface area contributed by atoms with Gasteiger partial charge >= 0.3 is 0 Å². The first-order valence-electron chi connectivity index (χ1n) is 10.2. The molecule has 2 fully saturated rings. The fraction of sp³-hybridized carbons (Fsp3) is 0.650. The standard InChI is InChI=1S/C20H27N5O3/c1-2-3-10-23-12-20(9-7-17(23)26)8-4-11-24(13-20)18(27)15-5-6-16-21-14-22-25(16)19(15)28/h5,14H,2-4,6-13H2,1H3. The highest BCUT2D eigenvalue weighted by Crippen LogP contribution is 2.39. The molecular formula is C20H27N5O3. The molecule has 0 aliphatic carbocycles. The first-order valence-corrected chi connectivity index (χ1v) is 10.2. The lowest BCUT2D eigenvalue weighted by molar-refractivity contribution is -0.141. The maximum absolute atomic E-state index is 13.1. The Bertz CT molecular complexity index is 830. The van der Waals surface area contributed by atoms with Crippen LogP contribution in [0.3, 0.4) is 0 Å². The summed E-state index contributed by atoms with van der Waals surface area (Å²) in [6.45, 7) is 4.90. The van der Waals surface area contributed by atoms with Crippen LogP contribution in [0.15, 0.2) is 18.0 Å². The maximum Gasteiger partial charge on any atom is 0.285 e. The van der Waals surface area contributed by atoms with Gasteiger partial charge in [0, 0.05) is 44.4 Å². The number of amides is 2. The summed E-state index contributed by atoms with van der Waals surface area (Å²) in [4.78, 5) is 45.9. The van der Waals surface area contributed by atoms with Gasteiger partial charge in [0.1, 0.15) is 17.7 Å². The normalized spacial score (nSPS) is 25.1. The minimum Gasteiger partial charge on any atom is -0.342 e. The molecule has 1 aromatic rings. The van der Waals surface area contributed by atoms with Gasteiger partial charge in [0.25, 0.3) is 11.8 Å². The van der Waals surface area contributed by atoms with Crippen LogP contribution in [0.1, 0.15) is 56.1 Å². The quantitative estimate of drug-likeness (QED) is 0.732. The van der Waals surface area contributed by atoms with E-state index in [1.54, 1.807) is 6.08 Å². The highest BCUT2D eigenvalue weighted by molar-refractivity contribution is 6.19. The lowest BCUT2D eigenvalue weighted by Gasteiger charge is -2.48. The van der Waals surface area contributed by atoms with Gasteiger partial charge in [-0.05, 0) is 25.7 Å². The van der Waals surface area contributed by atoms with Gasteiger partial charge < -0.3 is 9.80 Å². The van der Waals surface area contributed by atoms with Crippen molar-refractivity contribution >= 4 is 17.7 Å². The Morgan fingerprint density at radius 1 is 1.25 bits per heavy atom. The molecule has 1 aromatic heterocycles. The van der Waals surface area contributed by atoms with Crippen LogP contribution >= 0.6 is 0 Å². The van der Waals surface area contributed by atoms with Crippen molar-refractivity contribution in [1.82, 2.24) is 24.6 Å². The minimum atomic E-state index is -0.397. The molecule has 8 nitrogen and oxygen atoms in total. The monoisotopic (exact) mass is 385 g/mol. The lowest BCUT2D eigenvalue weighted by Crippen LogP contribution is -2.55. The molecule has 2 amide bonds. The van der Waals surface area contributed by atoms with E-state index < -0.39 is 5.91 Å². The Kier molecular flexibility index (Phi) is 5.03. The summed E-state index contributed by atoms with van der Waals surface area (Å²) in [7, 11) is 0. The fourth-order valence-corrected chi connectivity index (χ4v) is 4.69. The second kappa shape index (κ2) is 7.48. The molecule has 4 heterocycles. The number of rotatable bonds is 4. The predicted molar refractivity (Wildman–Crippen MR) is 101 cm³/mol. The molecule has 0 aromatic carbocycles. The van der Waals surface area contributed by atoms with Crippen LogP contribution in [0.2, 0.25) is 0 Å². The fourth-order valence-electron chi connectivity index (χ4n) is 4.69. The number of allylic oxidation sites excluding steroid dienone is 1. The third kappa shape index (κ3) is 3.36. The Hall–Kier alpha value is -2.51. The summed E-state index contributed by atoms with van der Waals surface area (Å²) >= 11 is 0. The summed E-state index contributed by atoms with van der Waals surface area (Å²) < 4.78 is 1.22.